The molecule has 0 bridgehead atoms. The highest BCUT2D eigenvalue weighted by Gasteiger charge is 2.20. The zero-order valence-electron chi connectivity index (χ0n) is 20.6. The number of methoxy groups -OCH3 is 1. The van der Waals surface area contributed by atoms with Gasteiger partial charge in [-0.15, -0.1) is 0 Å². The summed E-state index contributed by atoms with van der Waals surface area (Å²) in [6, 6.07) is 18.6. The third kappa shape index (κ3) is 4.05. The molecular weight excluding hydrogens is 450 g/mol. The summed E-state index contributed by atoms with van der Waals surface area (Å²) in [7, 11) is 3.82. The van der Waals surface area contributed by atoms with Crippen LogP contribution in [0.5, 0.6) is 5.75 Å². The minimum Gasteiger partial charge on any atom is -0.497 e. The standard InChI is InChI=1S/C29H29N5O2/c1-32-13-11-22(12-14-32)34-18-23(17-31-34)33-19-30-28-26-6-4-3-5-25(26)21(16-27(28)29(33)35)15-20-7-9-24(36-2)10-8-20/h3-10,16-19,22H,11-15H2,1-2H3. The van der Waals surface area contributed by atoms with Crippen LogP contribution in [0.25, 0.3) is 27.4 Å². The molecule has 3 aromatic carbocycles. The molecule has 0 N–H and O–H groups in total. The molecule has 1 aliphatic heterocycles. The van der Waals surface area contributed by atoms with Crippen LogP contribution in [-0.2, 0) is 6.42 Å². The van der Waals surface area contributed by atoms with Gasteiger partial charge in [0.15, 0.2) is 0 Å². The van der Waals surface area contributed by atoms with Crippen LogP contribution >= 0.6 is 0 Å². The van der Waals surface area contributed by atoms with Gasteiger partial charge in [0.1, 0.15) is 12.1 Å². The van der Waals surface area contributed by atoms with Gasteiger partial charge in [0, 0.05) is 11.6 Å². The summed E-state index contributed by atoms with van der Waals surface area (Å²) >= 11 is 0. The summed E-state index contributed by atoms with van der Waals surface area (Å²) in [5.41, 5.74) is 3.65. The van der Waals surface area contributed by atoms with Crippen LogP contribution in [0.2, 0.25) is 0 Å². The molecule has 3 heterocycles. The molecule has 0 spiro atoms. The monoisotopic (exact) mass is 479 g/mol. The van der Waals surface area contributed by atoms with Crippen molar-refractivity contribution in [1.29, 1.82) is 0 Å². The van der Waals surface area contributed by atoms with Gasteiger partial charge in [-0.1, -0.05) is 36.4 Å². The van der Waals surface area contributed by atoms with E-state index in [1.54, 1.807) is 24.2 Å². The number of aromatic nitrogens is 4. The third-order valence-corrected chi connectivity index (χ3v) is 7.34. The van der Waals surface area contributed by atoms with E-state index < -0.39 is 0 Å². The second-order valence-electron chi connectivity index (χ2n) is 9.64. The van der Waals surface area contributed by atoms with Crippen molar-refractivity contribution in [3.63, 3.8) is 0 Å². The number of piperidine rings is 1. The largest absolute Gasteiger partial charge is 0.497 e. The van der Waals surface area contributed by atoms with Crippen molar-refractivity contribution in [3.05, 3.63) is 94.8 Å². The van der Waals surface area contributed by atoms with Crippen LogP contribution in [-0.4, -0.2) is 51.5 Å². The molecule has 0 aliphatic carbocycles. The highest BCUT2D eigenvalue weighted by molar-refractivity contribution is 6.06. The van der Waals surface area contributed by atoms with E-state index in [4.69, 9.17) is 9.72 Å². The highest BCUT2D eigenvalue weighted by Crippen LogP contribution is 2.28. The van der Waals surface area contributed by atoms with Crippen molar-refractivity contribution in [3.8, 4) is 11.4 Å². The number of benzene rings is 3. The Morgan fingerprint density at radius 2 is 1.75 bits per heavy atom. The molecule has 0 amide bonds. The predicted molar refractivity (Wildman–Crippen MR) is 142 cm³/mol. The lowest BCUT2D eigenvalue weighted by atomic mass is 9.96. The van der Waals surface area contributed by atoms with Crippen LogP contribution in [0.4, 0.5) is 0 Å². The molecule has 1 aliphatic rings. The average molecular weight is 480 g/mol. The van der Waals surface area contributed by atoms with Gasteiger partial charge in [-0.3, -0.25) is 14.0 Å². The normalized spacial score (nSPS) is 15.1. The van der Waals surface area contributed by atoms with Crippen molar-refractivity contribution in [2.45, 2.75) is 25.3 Å². The van der Waals surface area contributed by atoms with Crippen LogP contribution in [0, 0.1) is 0 Å². The molecule has 1 fully saturated rings. The number of hydrogen-bond donors (Lipinski definition) is 0. The van der Waals surface area contributed by atoms with Crippen LogP contribution in [0.1, 0.15) is 30.0 Å². The van der Waals surface area contributed by atoms with Gasteiger partial charge in [0.05, 0.1) is 35.9 Å². The van der Waals surface area contributed by atoms with E-state index in [0.29, 0.717) is 17.8 Å². The summed E-state index contributed by atoms with van der Waals surface area (Å²) in [6.45, 7) is 2.11. The fourth-order valence-corrected chi connectivity index (χ4v) is 5.24. The zero-order chi connectivity index (χ0) is 24.6. The highest BCUT2D eigenvalue weighted by atomic mass is 16.5. The second kappa shape index (κ2) is 9.24. The number of ether oxygens (including phenoxy) is 1. The fourth-order valence-electron chi connectivity index (χ4n) is 5.24. The quantitative estimate of drug-likeness (QED) is 0.345. The lowest BCUT2D eigenvalue weighted by Crippen LogP contribution is -2.31. The molecule has 182 valence electrons. The maximum atomic E-state index is 13.8. The Bertz CT molecular complexity index is 1590. The van der Waals surface area contributed by atoms with Crippen molar-refractivity contribution < 1.29 is 4.74 Å². The van der Waals surface area contributed by atoms with Crippen molar-refractivity contribution in [2.24, 2.45) is 0 Å². The number of nitrogens with zero attached hydrogens (tertiary/aromatic N) is 5. The SMILES string of the molecule is COc1ccc(Cc2cc3c(=O)n(-c4cnn(C5CCN(C)CC5)c4)cnc3c3ccccc23)cc1. The number of fused-ring (bicyclic) bond motifs is 3. The average Bonchev–Trinajstić information content (AvgIpc) is 3.40. The molecule has 5 aromatic rings. The number of rotatable bonds is 5. The van der Waals surface area contributed by atoms with E-state index in [2.05, 4.69) is 35.2 Å². The first-order chi connectivity index (χ1) is 17.6. The van der Waals surface area contributed by atoms with Gasteiger partial charge in [-0.05, 0) is 74.1 Å². The van der Waals surface area contributed by atoms with E-state index >= 15 is 0 Å². The van der Waals surface area contributed by atoms with Gasteiger partial charge in [-0.2, -0.15) is 5.10 Å². The smallest absolute Gasteiger partial charge is 0.265 e. The Balaban J connectivity index is 1.42. The molecule has 6 rings (SSSR count). The number of hydrogen-bond acceptors (Lipinski definition) is 5. The van der Waals surface area contributed by atoms with Gasteiger partial charge < -0.3 is 9.64 Å². The number of likely N-dealkylation sites (tertiary alicyclic amines) is 1. The lowest BCUT2D eigenvalue weighted by molar-refractivity contribution is 0.212. The third-order valence-electron chi connectivity index (χ3n) is 7.34. The first-order valence-electron chi connectivity index (χ1n) is 12.4. The van der Waals surface area contributed by atoms with Crippen LogP contribution in [0.15, 0.2) is 78.1 Å². The fraction of sp³-hybridized carbons (Fsp3) is 0.276. The van der Waals surface area contributed by atoms with Gasteiger partial charge >= 0.3 is 0 Å². The Labute approximate surface area is 209 Å². The summed E-state index contributed by atoms with van der Waals surface area (Å²) in [6.07, 6.45) is 8.21. The van der Waals surface area contributed by atoms with E-state index in [1.165, 1.54) is 0 Å². The molecule has 2 aromatic heterocycles. The molecule has 0 saturated carbocycles. The maximum absolute atomic E-state index is 13.8. The maximum Gasteiger partial charge on any atom is 0.265 e. The molecule has 0 unspecified atom stereocenters. The van der Waals surface area contributed by atoms with Crippen molar-refractivity contribution in [2.75, 3.05) is 27.2 Å². The molecule has 7 nitrogen and oxygen atoms in total. The van der Waals surface area contributed by atoms with E-state index in [1.807, 2.05) is 47.3 Å². The first kappa shape index (κ1) is 22.5. The van der Waals surface area contributed by atoms with E-state index in [-0.39, 0.29) is 5.56 Å². The first-order valence-corrected chi connectivity index (χ1v) is 12.4. The van der Waals surface area contributed by atoms with Crippen LogP contribution in [0.3, 0.4) is 0 Å². The zero-order valence-corrected chi connectivity index (χ0v) is 20.6. The summed E-state index contributed by atoms with van der Waals surface area (Å²) in [5.74, 6) is 0.829. The van der Waals surface area contributed by atoms with Crippen molar-refractivity contribution in [1.82, 2.24) is 24.2 Å². The summed E-state index contributed by atoms with van der Waals surface area (Å²) in [5, 5.41) is 7.32. The minimum absolute atomic E-state index is 0.0790. The minimum atomic E-state index is -0.0790. The molecule has 36 heavy (non-hydrogen) atoms. The summed E-state index contributed by atoms with van der Waals surface area (Å²) in [4.78, 5) is 20.8. The molecule has 0 radical (unpaired) electrons. The predicted octanol–water partition coefficient (Wildman–Crippen LogP) is 4.60. The Kier molecular flexibility index (Phi) is 5.77. The topological polar surface area (TPSA) is 65.2 Å². The van der Waals surface area contributed by atoms with Crippen LogP contribution < -0.4 is 10.3 Å². The molecule has 7 heteroatoms. The van der Waals surface area contributed by atoms with Gasteiger partial charge in [-0.25, -0.2) is 4.98 Å². The van der Waals surface area contributed by atoms with E-state index in [0.717, 1.165) is 64.8 Å². The molecule has 0 atom stereocenters. The van der Waals surface area contributed by atoms with Gasteiger partial charge in [0.25, 0.3) is 5.56 Å². The molecular formula is C29H29N5O2. The Morgan fingerprint density at radius 3 is 2.50 bits per heavy atom. The Hall–Kier alpha value is -3.97. The van der Waals surface area contributed by atoms with Gasteiger partial charge in [0.2, 0.25) is 0 Å². The lowest BCUT2D eigenvalue weighted by Gasteiger charge is -2.28. The molecule has 1 saturated heterocycles. The van der Waals surface area contributed by atoms with Crippen molar-refractivity contribution >= 4 is 21.7 Å². The van der Waals surface area contributed by atoms with E-state index in [9.17, 15) is 4.79 Å². The summed E-state index contributed by atoms with van der Waals surface area (Å²) < 4.78 is 8.93. The second-order valence-corrected chi connectivity index (χ2v) is 9.64. The Morgan fingerprint density at radius 1 is 1.00 bits per heavy atom.